The van der Waals surface area contributed by atoms with Crippen molar-refractivity contribution >= 4 is 10.0 Å². The molecular weight excluding hydrogens is 233 g/mol. The second kappa shape index (κ2) is 5.38. The van der Waals surface area contributed by atoms with E-state index in [1.54, 1.807) is 6.92 Å². The van der Waals surface area contributed by atoms with Crippen LogP contribution in [0.25, 0.3) is 0 Å². The van der Waals surface area contributed by atoms with E-state index >= 15 is 0 Å². The molecule has 0 fully saturated rings. The zero-order valence-electron chi connectivity index (χ0n) is 8.85. The first kappa shape index (κ1) is 13.1. The van der Waals surface area contributed by atoms with Crippen molar-refractivity contribution in [3.8, 4) is 0 Å². The van der Waals surface area contributed by atoms with Gasteiger partial charge in [-0.05, 0) is 18.1 Å². The van der Waals surface area contributed by atoms with Crippen LogP contribution in [0.5, 0.6) is 0 Å². The van der Waals surface area contributed by atoms with Crippen molar-refractivity contribution in [1.82, 2.24) is 4.72 Å². The van der Waals surface area contributed by atoms with Crippen LogP contribution in [0.1, 0.15) is 6.92 Å². The summed E-state index contributed by atoms with van der Waals surface area (Å²) in [6, 6.07) is 5.16. The highest BCUT2D eigenvalue weighted by Gasteiger charge is 2.18. The zero-order valence-corrected chi connectivity index (χ0v) is 9.67. The monoisotopic (exact) mass is 247 g/mol. The summed E-state index contributed by atoms with van der Waals surface area (Å²) in [5, 5.41) is 8.75. The fourth-order valence-electron chi connectivity index (χ4n) is 1.06. The SMILES string of the molecule is CC(CO)CNS(=O)(=O)c1ccccc1F. The molecule has 1 atom stereocenters. The molecule has 0 aliphatic carbocycles. The summed E-state index contributed by atoms with van der Waals surface area (Å²) in [5.74, 6) is -0.992. The van der Waals surface area contributed by atoms with E-state index < -0.39 is 15.8 Å². The fraction of sp³-hybridized carbons (Fsp3) is 0.400. The highest BCUT2D eigenvalue weighted by Crippen LogP contribution is 2.13. The lowest BCUT2D eigenvalue weighted by atomic mass is 10.2. The van der Waals surface area contributed by atoms with Crippen molar-refractivity contribution in [2.24, 2.45) is 5.92 Å². The van der Waals surface area contributed by atoms with E-state index in [4.69, 9.17) is 5.11 Å². The molecule has 1 aromatic rings. The Morgan fingerprint density at radius 3 is 2.62 bits per heavy atom. The second-order valence-corrected chi connectivity index (χ2v) is 5.31. The van der Waals surface area contributed by atoms with Crippen LogP contribution in [0.15, 0.2) is 29.2 Å². The summed E-state index contributed by atoms with van der Waals surface area (Å²) in [7, 11) is -3.83. The lowest BCUT2D eigenvalue weighted by Gasteiger charge is -2.10. The number of halogens is 1. The first-order chi connectivity index (χ1) is 7.47. The molecule has 4 nitrogen and oxygen atoms in total. The number of hydrogen-bond donors (Lipinski definition) is 2. The quantitative estimate of drug-likeness (QED) is 0.806. The number of nitrogens with one attached hydrogen (secondary N) is 1. The van der Waals surface area contributed by atoms with E-state index in [1.807, 2.05) is 0 Å². The molecule has 0 saturated carbocycles. The Labute approximate surface area is 94.2 Å². The Morgan fingerprint density at radius 2 is 2.06 bits per heavy atom. The predicted molar refractivity (Wildman–Crippen MR) is 57.8 cm³/mol. The Hall–Kier alpha value is -0.980. The van der Waals surface area contributed by atoms with Gasteiger partial charge >= 0.3 is 0 Å². The average Bonchev–Trinajstić information content (AvgIpc) is 2.26. The van der Waals surface area contributed by atoms with Gasteiger partial charge in [0.15, 0.2) is 0 Å². The predicted octanol–water partition coefficient (Wildman–Crippen LogP) is 0.732. The molecule has 0 saturated heterocycles. The van der Waals surface area contributed by atoms with Gasteiger partial charge in [0.05, 0.1) is 0 Å². The van der Waals surface area contributed by atoms with Crippen LogP contribution in [0, 0.1) is 11.7 Å². The summed E-state index contributed by atoms with van der Waals surface area (Å²) in [6.07, 6.45) is 0. The zero-order chi connectivity index (χ0) is 12.2. The molecule has 1 rings (SSSR count). The minimum absolute atomic E-state index is 0.0766. The van der Waals surface area contributed by atoms with Crippen LogP contribution in [-0.4, -0.2) is 26.7 Å². The van der Waals surface area contributed by atoms with Crippen LogP contribution in [0.3, 0.4) is 0 Å². The number of rotatable bonds is 5. The van der Waals surface area contributed by atoms with Crippen molar-refractivity contribution in [3.63, 3.8) is 0 Å². The topological polar surface area (TPSA) is 66.4 Å². The highest BCUT2D eigenvalue weighted by atomic mass is 32.2. The minimum Gasteiger partial charge on any atom is -0.396 e. The van der Waals surface area contributed by atoms with Crippen LogP contribution in [0.2, 0.25) is 0 Å². The first-order valence-corrected chi connectivity index (χ1v) is 6.30. The Bertz CT molecular complexity index is 447. The molecule has 0 aliphatic heterocycles. The van der Waals surface area contributed by atoms with E-state index in [-0.39, 0.29) is 24.0 Å². The number of hydrogen-bond acceptors (Lipinski definition) is 3. The van der Waals surface area contributed by atoms with Gasteiger partial charge < -0.3 is 5.11 Å². The molecule has 0 aliphatic rings. The van der Waals surface area contributed by atoms with Crippen molar-refractivity contribution in [3.05, 3.63) is 30.1 Å². The maximum atomic E-state index is 13.2. The van der Waals surface area contributed by atoms with E-state index in [1.165, 1.54) is 18.2 Å². The normalized spacial score (nSPS) is 13.7. The van der Waals surface area contributed by atoms with Crippen molar-refractivity contribution in [1.29, 1.82) is 0 Å². The number of aliphatic hydroxyl groups excluding tert-OH is 1. The smallest absolute Gasteiger partial charge is 0.243 e. The molecule has 2 N–H and O–H groups in total. The molecule has 90 valence electrons. The van der Waals surface area contributed by atoms with Gasteiger partial charge in [-0.1, -0.05) is 19.1 Å². The summed E-state index contributed by atoms with van der Waals surface area (Å²) < 4.78 is 38.7. The van der Waals surface area contributed by atoms with Gasteiger partial charge in [0.1, 0.15) is 10.7 Å². The standard InChI is InChI=1S/C10H14FNO3S/c1-8(7-13)6-12-16(14,15)10-5-3-2-4-9(10)11/h2-5,8,12-13H,6-7H2,1H3. The summed E-state index contributed by atoms with van der Waals surface area (Å²) in [5.41, 5.74) is 0. The maximum Gasteiger partial charge on any atom is 0.243 e. The highest BCUT2D eigenvalue weighted by molar-refractivity contribution is 7.89. The molecular formula is C10H14FNO3S. The molecule has 0 aromatic heterocycles. The molecule has 0 heterocycles. The van der Waals surface area contributed by atoms with Crippen LogP contribution in [0.4, 0.5) is 4.39 Å². The molecule has 0 spiro atoms. The third-order valence-electron chi connectivity index (χ3n) is 2.06. The van der Waals surface area contributed by atoms with E-state index in [0.717, 1.165) is 6.07 Å². The Morgan fingerprint density at radius 1 is 1.44 bits per heavy atom. The Kier molecular flexibility index (Phi) is 4.40. The third kappa shape index (κ3) is 3.26. The molecule has 0 amide bonds. The van der Waals surface area contributed by atoms with Crippen molar-refractivity contribution in [2.45, 2.75) is 11.8 Å². The fourth-order valence-corrected chi connectivity index (χ4v) is 2.30. The molecule has 0 radical (unpaired) electrons. The van der Waals surface area contributed by atoms with Gasteiger partial charge in [-0.3, -0.25) is 0 Å². The third-order valence-corrected chi connectivity index (χ3v) is 3.52. The van der Waals surface area contributed by atoms with E-state index in [2.05, 4.69) is 4.72 Å². The summed E-state index contributed by atoms with van der Waals surface area (Å²) in [6.45, 7) is 1.64. The molecule has 1 unspecified atom stereocenters. The minimum atomic E-state index is -3.83. The summed E-state index contributed by atoms with van der Waals surface area (Å²) >= 11 is 0. The van der Waals surface area contributed by atoms with Gasteiger partial charge in [0.2, 0.25) is 10.0 Å². The molecule has 1 aromatic carbocycles. The van der Waals surface area contributed by atoms with Gasteiger partial charge in [-0.15, -0.1) is 0 Å². The second-order valence-electron chi connectivity index (χ2n) is 3.57. The largest absolute Gasteiger partial charge is 0.396 e. The van der Waals surface area contributed by atoms with Crippen molar-refractivity contribution in [2.75, 3.05) is 13.2 Å². The average molecular weight is 247 g/mol. The van der Waals surface area contributed by atoms with Gasteiger partial charge in [-0.2, -0.15) is 0 Å². The lowest BCUT2D eigenvalue weighted by Crippen LogP contribution is -2.30. The van der Waals surface area contributed by atoms with Gasteiger partial charge in [-0.25, -0.2) is 17.5 Å². The number of benzene rings is 1. The number of aliphatic hydroxyl groups is 1. The number of sulfonamides is 1. The molecule has 0 bridgehead atoms. The van der Waals surface area contributed by atoms with Crippen molar-refractivity contribution < 1.29 is 17.9 Å². The Balaban J connectivity index is 2.83. The van der Waals surface area contributed by atoms with Gasteiger partial charge in [0, 0.05) is 13.2 Å². The summed E-state index contributed by atoms with van der Waals surface area (Å²) in [4.78, 5) is -0.375. The molecule has 6 heteroatoms. The van der Waals surface area contributed by atoms with Crippen LogP contribution >= 0.6 is 0 Å². The lowest BCUT2D eigenvalue weighted by molar-refractivity contribution is 0.238. The van der Waals surface area contributed by atoms with E-state index in [0.29, 0.717) is 0 Å². The van der Waals surface area contributed by atoms with Crippen LogP contribution in [-0.2, 0) is 10.0 Å². The first-order valence-electron chi connectivity index (χ1n) is 4.82. The van der Waals surface area contributed by atoms with Gasteiger partial charge in [0.25, 0.3) is 0 Å². The van der Waals surface area contributed by atoms with Crippen LogP contribution < -0.4 is 4.72 Å². The van der Waals surface area contributed by atoms with E-state index in [9.17, 15) is 12.8 Å². The maximum absolute atomic E-state index is 13.2. The molecule has 16 heavy (non-hydrogen) atoms.